The zero-order valence-electron chi connectivity index (χ0n) is 14.3. The molecule has 1 saturated heterocycles. The van der Waals surface area contributed by atoms with Crippen LogP contribution in [0, 0.1) is 0 Å². The van der Waals surface area contributed by atoms with Gasteiger partial charge in [-0.15, -0.1) is 0 Å². The van der Waals surface area contributed by atoms with Crippen molar-refractivity contribution in [2.45, 2.75) is 45.2 Å². The summed E-state index contributed by atoms with van der Waals surface area (Å²) >= 11 is 0. The van der Waals surface area contributed by atoms with Crippen LogP contribution in [0.3, 0.4) is 0 Å². The average Bonchev–Trinajstić information content (AvgIpc) is 2.98. The van der Waals surface area contributed by atoms with Gasteiger partial charge < -0.3 is 14.8 Å². The van der Waals surface area contributed by atoms with Crippen molar-refractivity contribution in [1.82, 2.24) is 19.8 Å². The van der Waals surface area contributed by atoms with Gasteiger partial charge in [0.25, 0.3) is 0 Å². The molecule has 0 bridgehead atoms. The molecule has 2 amide bonds. The zero-order chi connectivity index (χ0) is 17.1. The van der Waals surface area contributed by atoms with Gasteiger partial charge in [0.1, 0.15) is 18.4 Å². The van der Waals surface area contributed by atoms with E-state index < -0.39 is 0 Å². The first-order valence-corrected chi connectivity index (χ1v) is 8.61. The van der Waals surface area contributed by atoms with E-state index in [0.29, 0.717) is 6.54 Å². The number of para-hydroxylation sites is 2. The lowest BCUT2D eigenvalue weighted by molar-refractivity contribution is -0.142. The standard InChI is InChI=1S/C18H24N4O2/c1-3-16-20-13-8-4-5-9-14(13)22(16)12-17(23)21-11-7-6-10-15(21)18(24)19-2/h4-5,8-9,15H,3,6-7,10-12H2,1-2H3,(H,19,24)/t15-/m1/s1. The Morgan fingerprint density at radius 1 is 1.29 bits per heavy atom. The number of imidazole rings is 1. The smallest absolute Gasteiger partial charge is 0.243 e. The molecule has 2 heterocycles. The van der Waals surface area contributed by atoms with Crippen LogP contribution in [0.5, 0.6) is 0 Å². The molecule has 0 aliphatic carbocycles. The summed E-state index contributed by atoms with van der Waals surface area (Å²) in [7, 11) is 1.62. The maximum Gasteiger partial charge on any atom is 0.243 e. The Bertz CT molecular complexity index is 753. The fourth-order valence-corrected chi connectivity index (χ4v) is 3.47. The molecule has 0 saturated carbocycles. The normalized spacial score (nSPS) is 17.9. The molecule has 1 aliphatic heterocycles. The largest absolute Gasteiger partial charge is 0.357 e. The average molecular weight is 328 g/mol. The van der Waals surface area contributed by atoms with E-state index in [9.17, 15) is 9.59 Å². The van der Waals surface area contributed by atoms with E-state index in [1.807, 2.05) is 35.8 Å². The number of piperidine rings is 1. The number of carbonyl (C=O) groups excluding carboxylic acids is 2. The molecular formula is C18H24N4O2. The molecule has 1 aliphatic rings. The first-order valence-electron chi connectivity index (χ1n) is 8.61. The molecule has 6 heteroatoms. The molecule has 3 rings (SSSR count). The predicted molar refractivity (Wildman–Crippen MR) is 92.5 cm³/mol. The molecule has 0 radical (unpaired) electrons. The van der Waals surface area contributed by atoms with Gasteiger partial charge in [-0.3, -0.25) is 9.59 Å². The van der Waals surface area contributed by atoms with Gasteiger partial charge >= 0.3 is 0 Å². The second kappa shape index (κ2) is 7.03. The van der Waals surface area contributed by atoms with Crippen LogP contribution in [0.25, 0.3) is 11.0 Å². The number of benzene rings is 1. The Labute approximate surface area is 141 Å². The molecule has 1 aromatic carbocycles. The van der Waals surface area contributed by atoms with Crippen molar-refractivity contribution in [3.63, 3.8) is 0 Å². The topological polar surface area (TPSA) is 67.2 Å². The van der Waals surface area contributed by atoms with Gasteiger partial charge in [-0.2, -0.15) is 0 Å². The SMILES string of the molecule is CCc1nc2ccccc2n1CC(=O)N1CCCC[C@@H]1C(=O)NC. The third-order valence-corrected chi connectivity index (χ3v) is 4.72. The summed E-state index contributed by atoms with van der Waals surface area (Å²) in [5, 5.41) is 2.68. The Morgan fingerprint density at radius 3 is 2.83 bits per heavy atom. The van der Waals surface area contributed by atoms with E-state index in [-0.39, 0.29) is 24.4 Å². The molecule has 1 aromatic heterocycles. The molecule has 0 spiro atoms. The number of nitrogens with one attached hydrogen (secondary N) is 1. The lowest BCUT2D eigenvalue weighted by Gasteiger charge is -2.34. The number of likely N-dealkylation sites (tertiary alicyclic amines) is 1. The molecule has 6 nitrogen and oxygen atoms in total. The van der Waals surface area contributed by atoms with Crippen LogP contribution in [0.2, 0.25) is 0 Å². The minimum Gasteiger partial charge on any atom is -0.357 e. The van der Waals surface area contributed by atoms with E-state index in [1.54, 1.807) is 11.9 Å². The molecular weight excluding hydrogens is 304 g/mol. The van der Waals surface area contributed by atoms with Crippen LogP contribution in [-0.2, 0) is 22.6 Å². The number of rotatable bonds is 4. The van der Waals surface area contributed by atoms with Gasteiger partial charge in [0.2, 0.25) is 11.8 Å². The molecule has 24 heavy (non-hydrogen) atoms. The van der Waals surface area contributed by atoms with Gasteiger partial charge in [0, 0.05) is 20.0 Å². The lowest BCUT2D eigenvalue weighted by Crippen LogP contribution is -2.52. The van der Waals surface area contributed by atoms with E-state index in [2.05, 4.69) is 10.3 Å². The molecule has 2 aromatic rings. The van der Waals surface area contributed by atoms with E-state index in [1.165, 1.54) is 0 Å². The fraction of sp³-hybridized carbons (Fsp3) is 0.500. The Hall–Kier alpha value is -2.37. The van der Waals surface area contributed by atoms with E-state index >= 15 is 0 Å². The van der Waals surface area contributed by atoms with Crippen molar-refractivity contribution in [1.29, 1.82) is 0 Å². The van der Waals surface area contributed by atoms with Crippen molar-refractivity contribution in [2.24, 2.45) is 0 Å². The Morgan fingerprint density at radius 2 is 2.08 bits per heavy atom. The van der Waals surface area contributed by atoms with E-state index in [4.69, 9.17) is 0 Å². The van der Waals surface area contributed by atoms with Crippen LogP contribution in [0.1, 0.15) is 32.0 Å². The summed E-state index contributed by atoms with van der Waals surface area (Å²) < 4.78 is 1.98. The minimum atomic E-state index is -0.351. The van der Waals surface area contributed by atoms with Gasteiger partial charge in [0.05, 0.1) is 11.0 Å². The second-order valence-corrected chi connectivity index (χ2v) is 6.17. The number of hydrogen-bond donors (Lipinski definition) is 1. The summed E-state index contributed by atoms with van der Waals surface area (Å²) in [5.74, 6) is 0.813. The molecule has 1 fully saturated rings. The highest BCUT2D eigenvalue weighted by Crippen LogP contribution is 2.20. The third kappa shape index (κ3) is 3.00. The van der Waals surface area contributed by atoms with Gasteiger partial charge in [-0.25, -0.2) is 4.98 Å². The van der Waals surface area contributed by atoms with Crippen molar-refractivity contribution in [3.05, 3.63) is 30.1 Å². The first-order chi connectivity index (χ1) is 11.7. The third-order valence-electron chi connectivity index (χ3n) is 4.72. The second-order valence-electron chi connectivity index (χ2n) is 6.17. The molecule has 128 valence electrons. The molecule has 1 N–H and O–H groups in total. The highest BCUT2D eigenvalue weighted by Gasteiger charge is 2.31. The van der Waals surface area contributed by atoms with Crippen LogP contribution in [0.15, 0.2) is 24.3 Å². The van der Waals surface area contributed by atoms with Crippen LogP contribution < -0.4 is 5.32 Å². The number of amides is 2. The van der Waals surface area contributed by atoms with E-state index in [0.717, 1.165) is 42.5 Å². The summed E-state index contributed by atoms with van der Waals surface area (Å²) in [6, 6.07) is 7.51. The number of hydrogen-bond acceptors (Lipinski definition) is 3. The maximum atomic E-state index is 12.9. The summed E-state index contributed by atoms with van der Waals surface area (Å²) in [4.78, 5) is 31.3. The summed E-state index contributed by atoms with van der Waals surface area (Å²) in [5.41, 5.74) is 1.87. The Balaban J connectivity index is 1.87. The maximum absolute atomic E-state index is 12.9. The zero-order valence-corrected chi connectivity index (χ0v) is 14.3. The van der Waals surface area contributed by atoms with Gasteiger partial charge in [-0.1, -0.05) is 19.1 Å². The predicted octanol–water partition coefficient (Wildman–Crippen LogP) is 1.73. The number of likely N-dealkylation sites (N-methyl/N-ethyl adjacent to an activating group) is 1. The highest BCUT2D eigenvalue weighted by molar-refractivity contribution is 5.88. The van der Waals surface area contributed by atoms with Gasteiger partial charge in [0.15, 0.2) is 0 Å². The number of fused-ring (bicyclic) bond motifs is 1. The lowest BCUT2D eigenvalue weighted by atomic mass is 10.0. The van der Waals surface area contributed by atoms with Crippen molar-refractivity contribution in [3.8, 4) is 0 Å². The first kappa shape index (κ1) is 16.5. The van der Waals surface area contributed by atoms with Gasteiger partial charge in [-0.05, 0) is 31.4 Å². The van der Waals surface area contributed by atoms with Crippen molar-refractivity contribution >= 4 is 22.8 Å². The molecule has 1 atom stereocenters. The fourth-order valence-electron chi connectivity index (χ4n) is 3.47. The monoisotopic (exact) mass is 328 g/mol. The van der Waals surface area contributed by atoms with Crippen LogP contribution >= 0.6 is 0 Å². The number of nitrogens with zero attached hydrogens (tertiary/aromatic N) is 3. The quantitative estimate of drug-likeness (QED) is 0.929. The van der Waals surface area contributed by atoms with Crippen LogP contribution in [-0.4, -0.2) is 45.9 Å². The highest BCUT2D eigenvalue weighted by atomic mass is 16.2. The number of aryl methyl sites for hydroxylation is 1. The molecule has 0 unspecified atom stereocenters. The summed E-state index contributed by atoms with van der Waals surface area (Å²) in [6.45, 7) is 2.92. The number of carbonyl (C=O) groups is 2. The van der Waals surface area contributed by atoms with Crippen LogP contribution in [0.4, 0.5) is 0 Å². The minimum absolute atomic E-state index is 0.0128. The van der Waals surface area contributed by atoms with Crippen molar-refractivity contribution in [2.75, 3.05) is 13.6 Å². The Kier molecular flexibility index (Phi) is 4.83. The summed E-state index contributed by atoms with van der Waals surface area (Å²) in [6.07, 6.45) is 3.43. The van der Waals surface area contributed by atoms with Crippen molar-refractivity contribution < 1.29 is 9.59 Å². The number of aromatic nitrogens is 2.